The fraction of sp³-hybridized carbons (Fsp3) is 0.692. The van der Waals surface area contributed by atoms with Crippen LogP contribution in [0.25, 0.3) is 0 Å². The molecule has 0 atom stereocenters. The van der Waals surface area contributed by atoms with Gasteiger partial charge in [0.2, 0.25) is 0 Å². The molecule has 0 amide bonds. The summed E-state index contributed by atoms with van der Waals surface area (Å²) >= 11 is 0. The van der Waals surface area contributed by atoms with E-state index in [4.69, 9.17) is 0 Å². The van der Waals surface area contributed by atoms with E-state index >= 15 is 0 Å². The molecule has 1 fully saturated rings. The summed E-state index contributed by atoms with van der Waals surface area (Å²) in [5.74, 6) is 1.07. The monoisotopic (exact) mass is 236 g/mol. The third-order valence-corrected chi connectivity index (χ3v) is 3.50. The van der Waals surface area contributed by atoms with E-state index in [0.29, 0.717) is 5.92 Å². The highest BCUT2D eigenvalue weighted by atomic mass is 16.5. The van der Waals surface area contributed by atoms with Crippen LogP contribution in [0.15, 0.2) is 0 Å². The summed E-state index contributed by atoms with van der Waals surface area (Å²) in [5.41, 5.74) is 2.26. The fourth-order valence-electron chi connectivity index (χ4n) is 2.60. The van der Waals surface area contributed by atoms with E-state index in [1.165, 1.54) is 39.2 Å². The number of esters is 1. The number of carbonyl (C=O) groups excluding carboxylic acids is 1. The van der Waals surface area contributed by atoms with E-state index in [-0.39, 0.29) is 12.4 Å². The Labute approximate surface area is 102 Å². The summed E-state index contributed by atoms with van der Waals surface area (Å²) < 4.78 is 4.65. The van der Waals surface area contributed by atoms with Crippen molar-refractivity contribution in [3.8, 4) is 0 Å². The van der Waals surface area contributed by atoms with Crippen molar-refractivity contribution >= 4 is 5.97 Å². The highest BCUT2D eigenvalue weighted by Crippen LogP contribution is 2.33. The van der Waals surface area contributed by atoms with Crippen molar-refractivity contribution in [2.24, 2.45) is 0 Å². The molecule has 1 aromatic rings. The van der Waals surface area contributed by atoms with Gasteiger partial charge in [0, 0.05) is 11.6 Å². The number of hydrogen-bond donors (Lipinski definition) is 1. The summed E-state index contributed by atoms with van der Waals surface area (Å²) in [4.78, 5) is 19.0. The first kappa shape index (κ1) is 12.1. The van der Waals surface area contributed by atoms with Crippen LogP contribution >= 0.6 is 0 Å². The van der Waals surface area contributed by atoms with Gasteiger partial charge in [0.05, 0.1) is 12.8 Å². The van der Waals surface area contributed by atoms with Crippen LogP contribution in [0.3, 0.4) is 0 Å². The van der Waals surface area contributed by atoms with Crippen LogP contribution in [0.2, 0.25) is 0 Å². The maximum absolute atomic E-state index is 11.2. The summed E-state index contributed by atoms with van der Waals surface area (Å²) in [6.07, 6.45) is 6.62. The Hall–Kier alpha value is -1.32. The quantitative estimate of drug-likeness (QED) is 0.820. The Kier molecular flexibility index (Phi) is 3.82. The molecule has 4 nitrogen and oxygen atoms in total. The van der Waals surface area contributed by atoms with Crippen molar-refractivity contribution in [2.45, 2.75) is 51.4 Å². The molecule has 1 aliphatic rings. The van der Waals surface area contributed by atoms with Gasteiger partial charge < -0.3 is 9.72 Å². The van der Waals surface area contributed by atoms with Crippen molar-refractivity contribution in [1.82, 2.24) is 9.97 Å². The van der Waals surface area contributed by atoms with Gasteiger partial charge in [0.25, 0.3) is 0 Å². The van der Waals surface area contributed by atoms with E-state index < -0.39 is 0 Å². The predicted molar refractivity (Wildman–Crippen MR) is 64.9 cm³/mol. The molecule has 0 spiro atoms. The van der Waals surface area contributed by atoms with E-state index in [1.807, 2.05) is 6.92 Å². The van der Waals surface area contributed by atoms with Gasteiger partial charge in [0.15, 0.2) is 0 Å². The number of nitrogens with zero attached hydrogens (tertiary/aromatic N) is 1. The van der Waals surface area contributed by atoms with Gasteiger partial charge >= 0.3 is 5.97 Å². The Bertz CT molecular complexity index is 392. The maximum atomic E-state index is 11.2. The minimum absolute atomic E-state index is 0.240. The molecular weight excluding hydrogens is 216 g/mol. The normalized spacial score (nSPS) is 17.1. The highest BCUT2D eigenvalue weighted by Gasteiger charge is 2.21. The molecule has 1 aromatic heterocycles. The van der Waals surface area contributed by atoms with Gasteiger partial charge in [-0.3, -0.25) is 4.79 Å². The Balaban J connectivity index is 2.09. The second kappa shape index (κ2) is 5.34. The van der Waals surface area contributed by atoms with E-state index in [0.717, 1.165) is 17.2 Å². The van der Waals surface area contributed by atoms with Gasteiger partial charge in [-0.15, -0.1) is 0 Å². The van der Waals surface area contributed by atoms with Gasteiger partial charge in [-0.2, -0.15) is 0 Å². The van der Waals surface area contributed by atoms with E-state index in [2.05, 4.69) is 14.7 Å². The minimum Gasteiger partial charge on any atom is -0.469 e. The predicted octanol–water partition coefficient (Wildman–Crippen LogP) is 2.48. The van der Waals surface area contributed by atoms with Gasteiger partial charge in [-0.1, -0.05) is 19.3 Å². The zero-order valence-electron chi connectivity index (χ0n) is 10.6. The number of rotatable bonds is 3. The zero-order chi connectivity index (χ0) is 12.3. The summed E-state index contributed by atoms with van der Waals surface area (Å²) in [6.45, 7) is 2.04. The molecule has 1 aliphatic carbocycles. The van der Waals surface area contributed by atoms with Crippen molar-refractivity contribution in [1.29, 1.82) is 0 Å². The number of hydrogen-bond acceptors (Lipinski definition) is 3. The smallest absolute Gasteiger partial charge is 0.313 e. The second-order valence-corrected chi connectivity index (χ2v) is 4.78. The van der Waals surface area contributed by atoms with E-state index in [9.17, 15) is 4.79 Å². The van der Waals surface area contributed by atoms with Crippen LogP contribution in [0.5, 0.6) is 0 Å². The standard InChI is InChI=1S/C13H20N2O2/c1-9-13(10-6-4-3-5-7-10)15-11(14-9)8-12(16)17-2/h10H,3-8H2,1-2H3,(H,14,15). The van der Waals surface area contributed by atoms with Crippen LogP contribution in [-0.4, -0.2) is 23.0 Å². The molecular formula is C13H20N2O2. The molecule has 2 rings (SSSR count). The largest absolute Gasteiger partial charge is 0.469 e. The molecule has 0 radical (unpaired) electrons. The van der Waals surface area contributed by atoms with E-state index in [1.54, 1.807) is 0 Å². The lowest BCUT2D eigenvalue weighted by atomic mass is 9.86. The maximum Gasteiger partial charge on any atom is 0.313 e. The molecule has 1 heterocycles. The highest BCUT2D eigenvalue weighted by molar-refractivity contribution is 5.71. The van der Waals surface area contributed by atoms with Gasteiger partial charge in [-0.25, -0.2) is 4.98 Å². The van der Waals surface area contributed by atoms with Crippen molar-refractivity contribution in [2.75, 3.05) is 7.11 Å². The van der Waals surface area contributed by atoms with Crippen molar-refractivity contribution in [3.63, 3.8) is 0 Å². The zero-order valence-corrected chi connectivity index (χ0v) is 10.6. The topological polar surface area (TPSA) is 55.0 Å². The number of ether oxygens (including phenoxy) is 1. The number of methoxy groups -OCH3 is 1. The minimum atomic E-state index is -0.242. The number of imidazole rings is 1. The number of carbonyl (C=O) groups is 1. The molecule has 0 bridgehead atoms. The molecule has 1 N–H and O–H groups in total. The van der Waals surface area contributed by atoms with Crippen LogP contribution < -0.4 is 0 Å². The number of aryl methyl sites for hydroxylation is 1. The SMILES string of the molecule is COC(=O)Cc1nc(C2CCCCC2)c(C)[nH]1. The van der Waals surface area contributed by atoms with Gasteiger partial charge in [0.1, 0.15) is 12.2 Å². The van der Waals surface area contributed by atoms with Crippen molar-refractivity contribution < 1.29 is 9.53 Å². The van der Waals surface area contributed by atoms with Crippen LogP contribution in [-0.2, 0) is 16.0 Å². The molecule has 4 heteroatoms. The molecule has 0 aliphatic heterocycles. The summed E-state index contributed by atoms with van der Waals surface area (Å²) in [6, 6.07) is 0. The number of aromatic nitrogens is 2. The second-order valence-electron chi connectivity index (χ2n) is 4.78. The number of nitrogens with one attached hydrogen (secondary N) is 1. The average molecular weight is 236 g/mol. The third kappa shape index (κ3) is 2.87. The van der Waals surface area contributed by atoms with Crippen LogP contribution in [0.4, 0.5) is 0 Å². The Morgan fingerprint density at radius 3 is 2.76 bits per heavy atom. The first-order chi connectivity index (χ1) is 8.20. The molecule has 0 aromatic carbocycles. The lowest BCUT2D eigenvalue weighted by Crippen LogP contribution is -2.07. The van der Waals surface area contributed by atoms with Crippen LogP contribution in [0.1, 0.15) is 55.2 Å². The number of aromatic amines is 1. The van der Waals surface area contributed by atoms with Crippen molar-refractivity contribution in [3.05, 3.63) is 17.2 Å². The molecule has 17 heavy (non-hydrogen) atoms. The fourth-order valence-corrected chi connectivity index (χ4v) is 2.60. The van der Waals surface area contributed by atoms with Gasteiger partial charge in [-0.05, 0) is 19.8 Å². The first-order valence-corrected chi connectivity index (χ1v) is 6.33. The molecule has 1 saturated carbocycles. The summed E-state index contributed by atoms with van der Waals surface area (Å²) in [5, 5.41) is 0. The summed E-state index contributed by atoms with van der Waals surface area (Å²) in [7, 11) is 1.40. The Morgan fingerprint density at radius 2 is 2.12 bits per heavy atom. The average Bonchev–Trinajstić information content (AvgIpc) is 2.71. The Morgan fingerprint density at radius 1 is 1.41 bits per heavy atom. The lowest BCUT2D eigenvalue weighted by Gasteiger charge is -2.20. The van der Waals surface area contributed by atoms with Crippen LogP contribution in [0, 0.1) is 6.92 Å². The molecule has 94 valence electrons. The molecule has 0 saturated heterocycles. The lowest BCUT2D eigenvalue weighted by molar-refractivity contribution is -0.139. The number of H-pyrrole nitrogens is 1. The molecule has 0 unspecified atom stereocenters. The third-order valence-electron chi connectivity index (χ3n) is 3.50. The first-order valence-electron chi connectivity index (χ1n) is 6.33.